The third-order valence-electron chi connectivity index (χ3n) is 4.32. The van der Waals surface area contributed by atoms with Gasteiger partial charge in [0.25, 0.3) is 5.56 Å². The summed E-state index contributed by atoms with van der Waals surface area (Å²) in [6.07, 6.45) is 0. The summed E-state index contributed by atoms with van der Waals surface area (Å²) in [7, 11) is 0. The fourth-order valence-electron chi connectivity index (χ4n) is 3.06. The van der Waals surface area contributed by atoms with Gasteiger partial charge in [-0.1, -0.05) is 18.2 Å². The van der Waals surface area contributed by atoms with E-state index >= 15 is 0 Å². The van der Waals surface area contributed by atoms with Crippen molar-refractivity contribution in [3.63, 3.8) is 0 Å². The first kappa shape index (κ1) is 18.0. The Morgan fingerprint density at radius 2 is 1.69 bits per heavy atom. The van der Waals surface area contributed by atoms with Crippen molar-refractivity contribution in [2.75, 3.05) is 36.0 Å². The van der Waals surface area contributed by atoms with E-state index in [-0.39, 0.29) is 24.1 Å². The number of benzene rings is 1. The molecule has 7 nitrogen and oxygen atoms in total. The highest BCUT2D eigenvalue weighted by molar-refractivity contribution is 5.75. The van der Waals surface area contributed by atoms with Gasteiger partial charge in [0.15, 0.2) is 0 Å². The Morgan fingerprint density at radius 1 is 1.04 bits per heavy atom. The molecule has 0 saturated carbocycles. The standard InChI is InChI=1S/C19H25N5O2/c1-15(2)20-18(25)14-24-19(26)9-8-17(21-24)23-12-10-22(11-13-23)16-6-4-3-5-7-16/h3-9,15H,10-14H2,1-2H3,(H,20,25). The number of carbonyl (C=O) groups excluding carboxylic acids is 1. The summed E-state index contributed by atoms with van der Waals surface area (Å²) < 4.78 is 1.23. The molecule has 3 rings (SSSR count). The largest absolute Gasteiger partial charge is 0.368 e. The first-order valence-corrected chi connectivity index (χ1v) is 8.95. The van der Waals surface area contributed by atoms with Crippen molar-refractivity contribution in [3.05, 3.63) is 52.8 Å². The minimum Gasteiger partial charge on any atom is -0.368 e. The van der Waals surface area contributed by atoms with Crippen molar-refractivity contribution in [1.29, 1.82) is 0 Å². The molecule has 0 spiro atoms. The van der Waals surface area contributed by atoms with E-state index in [1.54, 1.807) is 6.07 Å². The summed E-state index contributed by atoms with van der Waals surface area (Å²) in [6, 6.07) is 13.6. The van der Waals surface area contributed by atoms with E-state index in [1.165, 1.54) is 16.4 Å². The van der Waals surface area contributed by atoms with Crippen LogP contribution in [0.1, 0.15) is 13.8 Å². The van der Waals surface area contributed by atoms with Crippen LogP contribution in [0.3, 0.4) is 0 Å². The second-order valence-corrected chi connectivity index (χ2v) is 6.72. The van der Waals surface area contributed by atoms with Gasteiger partial charge in [0.2, 0.25) is 5.91 Å². The zero-order valence-corrected chi connectivity index (χ0v) is 15.3. The molecular formula is C19H25N5O2. The van der Waals surface area contributed by atoms with Crippen molar-refractivity contribution in [2.45, 2.75) is 26.4 Å². The van der Waals surface area contributed by atoms with E-state index < -0.39 is 0 Å². The number of aromatic nitrogens is 2. The lowest BCUT2D eigenvalue weighted by atomic mass is 10.2. The molecule has 1 aliphatic rings. The summed E-state index contributed by atoms with van der Waals surface area (Å²) in [4.78, 5) is 28.4. The van der Waals surface area contributed by atoms with Crippen LogP contribution in [0, 0.1) is 0 Å². The number of nitrogens with zero attached hydrogens (tertiary/aromatic N) is 4. The molecule has 7 heteroatoms. The monoisotopic (exact) mass is 355 g/mol. The number of para-hydroxylation sites is 1. The number of nitrogens with one attached hydrogen (secondary N) is 1. The maximum atomic E-state index is 12.0. The highest BCUT2D eigenvalue weighted by Crippen LogP contribution is 2.18. The molecule has 1 aromatic carbocycles. The average molecular weight is 355 g/mol. The van der Waals surface area contributed by atoms with E-state index in [0.717, 1.165) is 32.0 Å². The number of carbonyl (C=O) groups is 1. The van der Waals surface area contributed by atoms with Crippen LogP contribution < -0.4 is 20.7 Å². The molecule has 1 aliphatic heterocycles. The number of rotatable bonds is 5. The van der Waals surface area contributed by atoms with Crippen LogP contribution in [0.25, 0.3) is 0 Å². The Hall–Kier alpha value is -2.83. The van der Waals surface area contributed by atoms with Crippen LogP contribution in [0.4, 0.5) is 11.5 Å². The fraction of sp³-hybridized carbons (Fsp3) is 0.421. The van der Waals surface area contributed by atoms with E-state index in [9.17, 15) is 9.59 Å². The average Bonchev–Trinajstić information content (AvgIpc) is 2.64. The maximum absolute atomic E-state index is 12.0. The van der Waals surface area contributed by atoms with Crippen molar-refractivity contribution in [1.82, 2.24) is 15.1 Å². The lowest BCUT2D eigenvalue weighted by Gasteiger charge is -2.36. The highest BCUT2D eigenvalue weighted by Gasteiger charge is 2.19. The van der Waals surface area contributed by atoms with Crippen LogP contribution in [0.5, 0.6) is 0 Å². The van der Waals surface area contributed by atoms with Crippen LogP contribution in [0.2, 0.25) is 0 Å². The molecule has 26 heavy (non-hydrogen) atoms. The van der Waals surface area contributed by atoms with Gasteiger partial charge >= 0.3 is 0 Å². The maximum Gasteiger partial charge on any atom is 0.267 e. The molecule has 138 valence electrons. The Labute approximate surface area is 153 Å². The van der Waals surface area contributed by atoms with E-state index in [4.69, 9.17) is 0 Å². The minimum atomic E-state index is -0.268. The van der Waals surface area contributed by atoms with Gasteiger partial charge in [-0.2, -0.15) is 5.10 Å². The Morgan fingerprint density at radius 3 is 2.35 bits per heavy atom. The van der Waals surface area contributed by atoms with E-state index in [0.29, 0.717) is 0 Å². The quantitative estimate of drug-likeness (QED) is 0.870. The topological polar surface area (TPSA) is 70.5 Å². The SMILES string of the molecule is CC(C)NC(=O)Cn1nc(N2CCN(c3ccccc3)CC2)ccc1=O. The van der Waals surface area contributed by atoms with Gasteiger partial charge in [-0.15, -0.1) is 0 Å². The summed E-state index contributed by atoms with van der Waals surface area (Å²) in [6.45, 7) is 7.12. The van der Waals surface area contributed by atoms with E-state index in [2.05, 4.69) is 32.3 Å². The van der Waals surface area contributed by atoms with Gasteiger partial charge in [0.1, 0.15) is 12.4 Å². The summed E-state index contributed by atoms with van der Waals surface area (Å²) in [5, 5.41) is 7.17. The van der Waals surface area contributed by atoms with Gasteiger partial charge in [0, 0.05) is 44.0 Å². The third-order valence-corrected chi connectivity index (χ3v) is 4.32. The van der Waals surface area contributed by atoms with Crippen molar-refractivity contribution in [3.8, 4) is 0 Å². The lowest BCUT2D eigenvalue weighted by molar-refractivity contribution is -0.122. The predicted octanol–water partition coefficient (Wildman–Crippen LogP) is 1.09. The van der Waals surface area contributed by atoms with Crippen molar-refractivity contribution in [2.24, 2.45) is 0 Å². The van der Waals surface area contributed by atoms with Crippen LogP contribution in [0.15, 0.2) is 47.3 Å². The van der Waals surface area contributed by atoms with Crippen LogP contribution in [-0.4, -0.2) is 47.9 Å². The summed E-state index contributed by atoms with van der Waals surface area (Å²) in [5.41, 5.74) is 0.950. The second kappa shape index (κ2) is 8.03. The van der Waals surface area contributed by atoms with Gasteiger partial charge < -0.3 is 15.1 Å². The lowest BCUT2D eigenvalue weighted by Crippen LogP contribution is -2.47. The Bertz CT molecular complexity index is 795. The highest BCUT2D eigenvalue weighted by atomic mass is 16.2. The molecule has 0 unspecified atom stereocenters. The molecular weight excluding hydrogens is 330 g/mol. The molecule has 0 atom stereocenters. The van der Waals surface area contributed by atoms with Gasteiger partial charge in [-0.25, -0.2) is 4.68 Å². The first-order chi connectivity index (χ1) is 12.5. The molecule has 1 N–H and O–H groups in total. The molecule has 2 heterocycles. The molecule has 0 aliphatic carbocycles. The minimum absolute atomic E-state index is 0.0347. The Kier molecular flexibility index (Phi) is 5.55. The van der Waals surface area contributed by atoms with Crippen LogP contribution >= 0.6 is 0 Å². The molecule has 1 saturated heterocycles. The fourth-order valence-corrected chi connectivity index (χ4v) is 3.06. The van der Waals surface area contributed by atoms with Crippen molar-refractivity contribution < 1.29 is 4.79 Å². The smallest absolute Gasteiger partial charge is 0.267 e. The number of hydrogen-bond acceptors (Lipinski definition) is 5. The third kappa shape index (κ3) is 4.41. The Balaban J connectivity index is 1.66. The molecule has 1 amide bonds. The molecule has 2 aromatic rings. The second-order valence-electron chi connectivity index (χ2n) is 6.72. The number of piperazine rings is 1. The predicted molar refractivity (Wildman–Crippen MR) is 103 cm³/mol. The number of anilines is 2. The first-order valence-electron chi connectivity index (χ1n) is 8.95. The molecule has 1 aromatic heterocycles. The van der Waals surface area contributed by atoms with Gasteiger partial charge in [-0.3, -0.25) is 9.59 Å². The molecule has 0 bridgehead atoms. The zero-order valence-electron chi connectivity index (χ0n) is 15.3. The number of hydrogen-bond donors (Lipinski definition) is 1. The molecule has 0 radical (unpaired) electrons. The van der Waals surface area contributed by atoms with Crippen molar-refractivity contribution >= 4 is 17.4 Å². The van der Waals surface area contributed by atoms with Gasteiger partial charge in [-0.05, 0) is 32.0 Å². The van der Waals surface area contributed by atoms with E-state index in [1.807, 2.05) is 32.0 Å². The zero-order chi connectivity index (χ0) is 18.5. The van der Waals surface area contributed by atoms with Crippen LogP contribution in [-0.2, 0) is 11.3 Å². The number of amides is 1. The molecule has 1 fully saturated rings. The summed E-state index contributed by atoms with van der Waals surface area (Å²) >= 11 is 0. The normalized spacial score (nSPS) is 14.6. The van der Waals surface area contributed by atoms with Gasteiger partial charge in [0.05, 0.1) is 0 Å². The summed E-state index contributed by atoms with van der Waals surface area (Å²) in [5.74, 6) is 0.523.